The first-order valence-corrected chi connectivity index (χ1v) is 24.6. The van der Waals surface area contributed by atoms with E-state index in [1.165, 1.54) is 77.0 Å². The zero-order valence-corrected chi connectivity index (χ0v) is 33.6. The highest BCUT2D eigenvalue weighted by molar-refractivity contribution is 5.29. The molecule has 7 saturated carbocycles. The average molecular weight is 709 g/mol. The number of nitrogens with zero attached hydrogens (tertiary/aromatic N) is 2. The second-order valence-electron chi connectivity index (χ2n) is 23.5. The van der Waals surface area contributed by atoms with Crippen molar-refractivity contribution in [2.75, 3.05) is 0 Å². The quantitative estimate of drug-likeness (QED) is 0.301. The molecule has 0 radical (unpaired) electrons. The molecule has 0 spiro atoms. The van der Waals surface area contributed by atoms with E-state index in [0.717, 1.165) is 155 Å². The second kappa shape index (κ2) is 11.7. The van der Waals surface area contributed by atoms with Gasteiger partial charge in [0.15, 0.2) is 0 Å². The van der Waals surface area contributed by atoms with Gasteiger partial charge in [-0.05, 0) is 159 Å². The van der Waals surface area contributed by atoms with Crippen molar-refractivity contribution in [1.29, 1.82) is 0 Å². The van der Waals surface area contributed by atoms with E-state index in [1.54, 1.807) is 38.5 Å². The minimum absolute atomic E-state index is 0.817. The van der Waals surface area contributed by atoms with E-state index < -0.39 is 0 Å². The van der Waals surface area contributed by atoms with Gasteiger partial charge in [0.05, 0.1) is 0 Å². The van der Waals surface area contributed by atoms with Crippen LogP contribution in [0.25, 0.3) is 0 Å². The lowest BCUT2D eigenvalue weighted by molar-refractivity contribution is -0.0853. The van der Waals surface area contributed by atoms with Crippen molar-refractivity contribution < 1.29 is 0 Å². The lowest BCUT2D eigenvalue weighted by Gasteiger charge is -2.58. The first kappa shape index (κ1) is 32.9. The van der Waals surface area contributed by atoms with Crippen molar-refractivity contribution in [3.05, 3.63) is 0 Å². The van der Waals surface area contributed by atoms with Crippen LogP contribution < -0.4 is 10.6 Å². The second-order valence-corrected chi connectivity index (χ2v) is 23.5. The molecule has 52 heavy (non-hydrogen) atoms. The van der Waals surface area contributed by atoms with Gasteiger partial charge in [-0.1, -0.05) is 79.1 Å². The number of nitrogens with one attached hydrogen (secondary N) is 2. The van der Waals surface area contributed by atoms with Gasteiger partial charge in [0.25, 0.3) is 0 Å². The summed E-state index contributed by atoms with van der Waals surface area (Å²) in [6.07, 6.45) is 27.5. The van der Waals surface area contributed by atoms with E-state index in [4.69, 9.17) is 0 Å². The van der Waals surface area contributed by atoms with Gasteiger partial charge >= 0.3 is 0 Å². The summed E-state index contributed by atoms with van der Waals surface area (Å²) in [5, 5.41) is 9.10. The molecule has 13 aliphatic rings. The monoisotopic (exact) mass is 709 g/mol. The molecule has 4 heteroatoms. The van der Waals surface area contributed by atoms with E-state index in [0.29, 0.717) is 0 Å². The maximum atomic E-state index is 4.55. The van der Waals surface area contributed by atoms with E-state index in [1.807, 2.05) is 0 Å². The smallest absolute Gasteiger partial charge is 0.0180 e. The number of hydrogen-bond acceptors (Lipinski definition) is 4. The van der Waals surface area contributed by atoms with Crippen molar-refractivity contribution in [2.45, 2.75) is 204 Å². The van der Waals surface area contributed by atoms with Crippen LogP contribution in [0.5, 0.6) is 0 Å². The molecule has 13 rings (SSSR count). The molecular weight excluding hydrogens is 633 g/mol. The highest BCUT2D eigenvalue weighted by Crippen LogP contribution is 2.72. The third kappa shape index (κ3) is 4.03. The van der Waals surface area contributed by atoms with Gasteiger partial charge < -0.3 is 10.6 Å². The Hall–Kier alpha value is -0.160. The van der Waals surface area contributed by atoms with Crippen molar-refractivity contribution in [1.82, 2.24) is 20.4 Å². The lowest BCUT2D eigenvalue weighted by atomic mass is 9.49. The molecule has 0 aromatic rings. The molecule has 0 amide bonds. The van der Waals surface area contributed by atoms with Gasteiger partial charge in [-0.15, -0.1) is 0 Å². The summed E-state index contributed by atoms with van der Waals surface area (Å²) in [6.45, 7) is 11.0. The van der Waals surface area contributed by atoms with Crippen LogP contribution in [0.4, 0.5) is 0 Å². The predicted molar refractivity (Wildman–Crippen MR) is 209 cm³/mol. The van der Waals surface area contributed by atoms with Crippen molar-refractivity contribution in [3.8, 4) is 0 Å². The molecule has 2 N–H and O–H groups in total. The molecule has 7 aliphatic carbocycles. The highest BCUT2D eigenvalue weighted by Gasteiger charge is 2.77. The molecule has 6 saturated heterocycles. The van der Waals surface area contributed by atoms with Crippen LogP contribution in [0, 0.1) is 94.7 Å². The van der Waals surface area contributed by atoms with Crippen LogP contribution in [0.2, 0.25) is 0 Å². The molecule has 0 aromatic carbocycles. The molecule has 4 nitrogen and oxygen atoms in total. The molecule has 0 aromatic heterocycles. The van der Waals surface area contributed by atoms with Gasteiger partial charge in [-0.3, -0.25) is 9.80 Å². The van der Waals surface area contributed by atoms with Crippen molar-refractivity contribution >= 4 is 0 Å². The molecule has 6 heterocycles. The summed E-state index contributed by atoms with van der Waals surface area (Å²) < 4.78 is 0. The zero-order valence-electron chi connectivity index (χ0n) is 33.6. The Labute approximate surface area is 317 Å². The van der Waals surface area contributed by atoms with Crippen LogP contribution in [-0.4, -0.2) is 70.2 Å². The van der Waals surface area contributed by atoms with Crippen LogP contribution in [0.3, 0.4) is 0 Å². The zero-order chi connectivity index (χ0) is 34.3. The summed E-state index contributed by atoms with van der Waals surface area (Å²) in [5.41, 5.74) is 0. The highest BCUT2D eigenvalue weighted by atomic mass is 15.4. The Bertz CT molecular complexity index is 1310. The SMILES string of the molecule is CC(C)C1C2C3CC4C5CCCCC5NC4C4C5CCCCC5N(C34)C2C(C(C)C)C2C3CC4C5CCCCC5NC4C4C5CCCCC5N(C34)C12. The number of fused-ring (bicyclic) bond motifs is 20. The summed E-state index contributed by atoms with van der Waals surface area (Å²) >= 11 is 0. The topological polar surface area (TPSA) is 30.5 Å². The minimum atomic E-state index is 0.817. The molecule has 288 valence electrons. The summed E-state index contributed by atoms with van der Waals surface area (Å²) in [4.78, 5) is 7.04. The van der Waals surface area contributed by atoms with Gasteiger partial charge in [-0.25, -0.2) is 0 Å². The Morgan fingerprint density at radius 3 is 1.19 bits per heavy atom. The average Bonchev–Trinajstić information content (AvgIpc) is 3.99. The normalized spacial score (nSPS) is 62.4. The Balaban J connectivity index is 0.964. The van der Waals surface area contributed by atoms with Crippen LogP contribution in [0.1, 0.15) is 143 Å². The van der Waals surface area contributed by atoms with Gasteiger partial charge in [0.1, 0.15) is 0 Å². The van der Waals surface area contributed by atoms with Crippen molar-refractivity contribution in [3.63, 3.8) is 0 Å². The lowest BCUT2D eigenvalue weighted by Crippen LogP contribution is -2.63. The Kier molecular flexibility index (Phi) is 7.40. The third-order valence-electron chi connectivity index (χ3n) is 21.7. The summed E-state index contributed by atoms with van der Waals surface area (Å²) in [6, 6.07) is 8.78. The van der Waals surface area contributed by atoms with Crippen LogP contribution in [-0.2, 0) is 0 Å². The van der Waals surface area contributed by atoms with Crippen LogP contribution >= 0.6 is 0 Å². The van der Waals surface area contributed by atoms with Crippen molar-refractivity contribution in [2.24, 2.45) is 94.7 Å². The summed E-state index contributed by atoms with van der Waals surface area (Å²) in [5.74, 6) is 15.2. The minimum Gasteiger partial charge on any atom is -0.310 e. The molecular formula is C48H76N4. The standard InChI is InChI=1S/C48H76N4/c1-23(2)37-39-31-21-29-25-13-5-9-17-33(25)49-43(29)41-28-16-8-12-20-36(28)52(45(31)41)48(39)38(24(3)4)40-32-22-30-26-14-6-10-18-34(26)50-44(30)42-27-15-7-11-19-35(27)51(46(32)42)47(37)40/h23-50H,5-22H2,1-4H3. The van der Waals surface area contributed by atoms with Gasteiger partial charge in [-0.2, -0.15) is 0 Å². The van der Waals surface area contributed by atoms with Gasteiger partial charge in [0, 0.05) is 60.4 Å². The first-order chi connectivity index (χ1) is 25.5. The maximum Gasteiger partial charge on any atom is 0.0180 e. The van der Waals surface area contributed by atoms with Gasteiger partial charge in [0.2, 0.25) is 0 Å². The molecule has 13 fully saturated rings. The fourth-order valence-corrected chi connectivity index (χ4v) is 21.2. The number of hydrogen-bond donors (Lipinski definition) is 2. The summed E-state index contributed by atoms with van der Waals surface area (Å²) in [7, 11) is 0. The predicted octanol–water partition coefficient (Wildman–Crippen LogP) is 8.59. The molecule has 0 bridgehead atoms. The molecule has 24 atom stereocenters. The van der Waals surface area contributed by atoms with E-state index in [2.05, 4.69) is 48.1 Å². The Morgan fingerprint density at radius 2 is 0.769 bits per heavy atom. The largest absolute Gasteiger partial charge is 0.310 e. The first-order valence-electron chi connectivity index (χ1n) is 24.6. The van der Waals surface area contributed by atoms with E-state index in [9.17, 15) is 0 Å². The van der Waals surface area contributed by atoms with Crippen LogP contribution in [0.15, 0.2) is 0 Å². The Morgan fingerprint density at radius 1 is 0.385 bits per heavy atom. The number of rotatable bonds is 2. The molecule has 6 aliphatic heterocycles. The molecule has 24 unspecified atom stereocenters. The van der Waals surface area contributed by atoms with E-state index in [-0.39, 0.29) is 0 Å². The fraction of sp³-hybridized carbons (Fsp3) is 1.00. The fourth-order valence-electron chi connectivity index (χ4n) is 21.2. The maximum absolute atomic E-state index is 4.55. The van der Waals surface area contributed by atoms with E-state index >= 15 is 0 Å². The third-order valence-corrected chi connectivity index (χ3v) is 21.7.